The molecule has 0 saturated carbocycles. The second-order valence-electron chi connectivity index (χ2n) is 7.31. The number of nitrogens with one attached hydrogen (secondary N) is 1. The van der Waals surface area contributed by atoms with E-state index in [1.807, 2.05) is 58.2 Å². The lowest BCUT2D eigenvalue weighted by atomic mass is 10.1. The Balaban J connectivity index is 1.83. The van der Waals surface area contributed by atoms with Crippen molar-refractivity contribution in [2.24, 2.45) is 0 Å². The summed E-state index contributed by atoms with van der Waals surface area (Å²) in [5.74, 6) is 0.544. The van der Waals surface area contributed by atoms with Gasteiger partial charge in [0, 0.05) is 18.2 Å². The third-order valence-corrected chi connectivity index (χ3v) is 4.21. The number of aromatic nitrogens is 1. The van der Waals surface area contributed by atoms with Crippen LogP contribution in [-0.4, -0.2) is 41.2 Å². The first-order valence-corrected chi connectivity index (χ1v) is 8.55. The van der Waals surface area contributed by atoms with E-state index in [1.165, 1.54) is 0 Å². The summed E-state index contributed by atoms with van der Waals surface area (Å²) in [6.45, 7) is 6.16. The highest BCUT2D eigenvalue weighted by Gasteiger charge is 2.40. The molecule has 1 aliphatic heterocycles. The van der Waals surface area contributed by atoms with Gasteiger partial charge in [-0.05, 0) is 34.2 Å². The Morgan fingerprint density at radius 1 is 1.32 bits per heavy atom. The summed E-state index contributed by atoms with van der Waals surface area (Å²) in [6, 6.07) is 9.81. The standard InChI is InChI=1S/C19H25N3O3/c1-19(2,3)25-18(23)22-11-14(20-4)10-16(22)17-21-15(12-24-17)13-8-6-5-7-9-13/h5-9,12,14,16,20H,10-11H2,1-4H3. The highest BCUT2D eigenvalue weighted by molar-refractivity contribution is 5.69. The highest BCUT2D eigenvalue weighted by atomic mass is 16.6. The van der Waals surface area contributed by atoms with Crippen LogP contribution < -0.4 is 5.32 Å². The third kappa shape index (κ3) is 4.02. The predicted molar refractivity (Wildman–Crippen MR) is 95.1 cm³/mol. The van der Waals surface area contributed by atoms with Gasteiger partial charge in [0.2, 0.25) is 5.89 Å². The van der Waals surface area contributed by atoms with Crippen LogP contribution in [0.15, 0.2) is 41.0 Å². The van der Waals surface area contributed by atoms with Crippen LogP contribution in [0.4, 0.5) is 4.79 Å². The van der Waals surface area contributed by atoms with Crippen LogP contribution in [0.2, 0.25) is 0 Å². The minimum Gasteiger partial charge on any atom is -0.446 e. The van der Waals surface area contributed by atoms with E-state index in [2.05, 4.69) is 10.3 Å². The van der Waals surface area contributed by atoms with E-state index in [1.54, 1.807) is 11.2 Å². The molecule has 2 aromatic rings. The molecule has 1 aromatic heterocycles. The van der Waals surface area contributed by atoms with Gasteiger partial charge in [-0.3, -0.25) is 4.90 Å². The average molecular weight is 343 g/mol. The number of oxazole rings is 1. The molecule has 1 aromatic carbocycles. The molecule has 134 valence electrons. The van der Waals surface area contributed by atoms with Gasteiger partial charge in [0.1, 0.15) is 23.6 Å². The predicted octanol–water partition coefficient (Wildman–Crippen LogP) is 3.61. The fraction of sp³-hybridized carbons (Fsp3) is 0.474. The fourth-order valence-corrected chi connectivity index (χ4v) is 2.98. The molecule has 6 nitrogen and oxygen atoms in total. The quantitative estimate of drug-likeness (QED) is 0.922. The second kappa shape index (κ2) is 6.88. The number of amides is 1. The zero-order valence-electron chi connectivity index (χ0n) is 15.2. The van der Waals surface area contributed by atoms with Gasteiger partial charge in [-0.25, -0.2) is 9.78 Å². The molecule has 6 heteroatoms. The molecule has 1 N–H and O–H groups in total. The van der Waals surface area contributed by atoms with E-state index in [-0.39, 0.29) is 18.2 Å². The number of carbonyl (C=O) groups excluding carboxylic acids is 1. The topological polar surface area (TPSA) is 67.6 Å². The van der Waals surface area contributed by atoms with Crippen LogP contribution in [-0.2, 0) is 4.74 Å². The Hall–Kier alpha value is -2.34. The van der Waals surface area contributed by atoms with E-state index in [0.29, 0.717) is 12.4 Å². The summed E-state index contributed by atoms with van der Waals surface area (Å²) in [6.07, 6.45) is 2.05. The zero-order chi connectivity index (χ0) is 18.0. The minimum atomic E-state index is -0.537. The highest BCUT2D eigenvalue weighted by Crippen LogP contribution is 2.34. The van der Waals surface area contributed by atoms with Crippen molar-refractivity contribution in [1.82, 2.24) is 15.2 Å². The summed E-state index contributed by atoms with van der Waals surface area (Å²) >= 11 is 0. The second-order valence-corrected chi connectivity index (χ2v) is 7.31. The average Bonchev–Trinajstić information content (AvgIpc) is 3.21. The largest absolute Gasteiger partial charge is 0.446 e. The molecule has 2 heterocycles. The Kier molecular flexibility index (Phi) is 4.81. The molecule has 0 aliphatic carbocycles. The van der Waals surface area contributed by atoms with Crippen LogP contribution in [0.1, 0.15) is 39.1 Å². The maximum atomic E-state index is 12.6. The molecule has 1 aliphatic rings. The molecule has 2 unspecified atom stereocenters. The van der Waals surface area contributed by atoms with Gasteiger partial charge in [-0.15, -0.1) is 0 Å². The maximum absolute atomic E-state index is 12.6. The van der Waals surface area contributed by atoms with Crippen molar-refractivity contribution < 1.29 is 13.9 Å². The number of ether oxygens (including phenoxy) is 1. The number of nitrogens with zero attached hydrogens (tertiary/aromatic N) is 2. The number of likely N-dealkylation sites (tertiary alicyclic amines) is 1. The van der Waals surface area contributed by atoms with Crippen LogP contribution in [0.5, 0.6) is 0 Å². The Bertz CT molecular complexity index is 721. The number of carbonyl (C=O) groups is 1. The van der Waals surface area contributed by atoms with E-state index in [9.17, 15) is 4.79 Å². The Morgan fingerprint density at radius 2 is 2.04 bits per heavy atom. The number of rotatable bonds is 3. The lowest BCUT2D eigenvalue weighted by Crippen LogP contribution is -2.38. The van der Waals surface area contributed by atoms with E-state index >= 15 is 0 Å². The SMILES string of the molecule is CNC1CC(c2nc(-c3ccccc3)co2)N(C(=O)OC(C)(C)C)C1. The van der Waals surface area contributed by atoms with Crippen molar-refractivity contribution in [2.75, 3.05) is 13.6 Å². The van der Waals surface area contributed by atoms with E-state index < -0.39 is 5.60 Å². The molecule has 25 heavy (non-hydrogen) atoms. The molecule has 0 spiro atoms. The van der Waals surface area contributed by atoms with Gasteiger partial charge in [-0.1, -0.05) is 30.3 Å². The van der Waals surface area contributed by atoms with Gasteiger partial charge in [-0.2, -0.15) is 0 Å². The van der Waals surface area contributed by atoms with Gasteiger partial charge >= 0.3 is 6.09 Å². The zero-order valence-corrected chi connectivity index (χ0v) is 15.2. The minimum absolute atomic E-state index is 0.185. The summed E-state index contributed by atoms with van der Waals surface area (Å²) < 4.78 is 11.3. The molecular weight excluding hydrogens is 318 g/mol. The maximum Gasteiger partial charge on any atom is 0.411 e. The van der Waals surface area contributed by atoms with Crippen molar-refractivity contribution in [3.8, 4) is 11.3 Å². The third-order valence-electron chi connectivity index (χ3n) is 4.21. The molecule has 1 amide bonds. The molecule has 0 radical (unpaired) electrons. The summed E-state index contributed by atoms with van der Waals surface area (Å²) in [4.78, 5) is 18.9. The lowest BCUT2D eigenvalue weighted by Gasteiger charge is -2.27. The number of likely N-dealkylation sites (N-methyl/N-ethyl adjacent to an activating group) is 1. The number of benzene rings is 1. The van der Waals surface area contributed by atoms with Crippen molar-refractivity contribution in [1.29, 1.82) is 0 Å². The summed E-state index contributed by atoms with van der Waals surface area (Å²) in [5.41, 5.74) is 1.22. The monoisotopic (exact) mass is 343 g/mol. The molecule has 1 saturated heterocycles. The Morgan fingerprint density at radius 3 is 2.68 bits per heavy atom. The molecule has 1 fully saturated rings. The van der Waals surface area contributed by atoms with Gasteiger partial charge < -0.3 is 14.5 Å². The van der Waals surface area contributed by atoms with Gasteiger partial charge in [0.15, 0.2) is 0 Å². The first kappa shape index (κ1) is 17.5. The molecule has 2 atom stereocenters. The van der Waals surface area contributed by atoms with E-state index in [4.69, 9.17) is 9.15 Å². The first-order chi connectivity index (χ1) is 11.9. The van der Waals surface area contributed by atoms with E-state index in [0.717, 1.165) is 17.7 Å². The van der Waals surface area contributed by atoms with Crippen molar-refractivity contribution >= 4 is 6.09 Å². The van der Waals surface area contributed by atoms with Gasteiger partial charge in [0.25, 0.3) is 0 Å². The normalized spacial score (nSPS) is 20.7. The van der Waals surface area contributed by atoms with Crippen LogP contribution >= 0.6 is 0 Å². The van der Waals surface area contributed by atoms with Crippen molar-refractivity contribution in [2.45, 2.75) is 44.9 Å². The van der Waals surface area contributed by atoms with Gasteiger partial charge in [0.05, 0.1) is 0 Å². The summed E-state index contributed by atoms with van der Waals surface area (Å²) in [5, 5.41) is 3.23. The molecule has 0 bridgehead atoms. The van der Waals surface area contributed by atoms with Crippen molar-refractivity contribution in [3.63, 3.8) is 0 Å². The van der Waals surface area contributed by atoms with Crippen LogP contribution in [0, 0.1) is 0 Å². The molecular formula is C19H25N3O3. The Labute approximate surface area is 148 Å². The fourth-order valence-electron chi connectivity index (χ4n) is 2.98. The van der Waals surface area contributed by atoms with Crippen molar-refractivity contribution in [3.05, 3.63) is 42.5 Å². The number of hydrogen-bond acceptors (Lipinski definition) is 5. The number of hydrogen-bond donors (Lipinski definition) is 1. The summed E-state index contributed by atoms with van der Waals surface area (Å²) in [7, 11) is 1.89. The molecule has 3 rings (SSSR count). The first-order valence-electron chi connectivity index (χ1n) is 8.55. The van der Waals surface area contributed by atoms with Crippen LogP contribution in [0.25, 0.3) is 11.3 Å². The van der Waals surface area contributed by atoms with Crippen LogP contribution in [0.3, 0.4) is 0 Å². The lowest BCUT2D eigenvalue weighted by molar-refractivity contribution is 0.0201. The smallest absolute Gasteiger partial charge is 0.411 e.